The summed E-state index contributed by atoms with van der Waals surface area (Å²) in [6, 6.07) is 5.71. The van der Waals surface area contributed by atoms with Crippen LogP contribution in [0.4, 0.5) is 0 Å². The van der Waals surface area contributed by atoms with Gasteiger partial charge in [-0.2, -0.15) is 0 Å². The van der Waals surface area contributed by atoms with Crippen molar-refractivity contribution >= 4 is 0 Å². The van der Waals surface area contributed by atoms with Gasteiger partial charge in [0.05, 0.1) is 6.61 Å². The zero-order valence-corrected chi connectivity index (χ0v) is 9.70. The normalized spacial score (nSPS) is 12.8. The van der Waals surface area contributed by atoms with Gasteiger partial charge in [-0.25, -0.2) is 0 Å². The van der Waals surface area contributed by atoms with Crippen molar-refractivity contribution in [2.75, 3.05) is 13.4 Å². The van der Waals surface area contributed by atoms with Gasteiger partial charge >= 0.3 is 0 Å². The molecule has 0 atom stereocenters. The fourth-order valence-corrected chi connectivity index (χ4v) is 1.69. The molecule has 88 valence electrons. The Morgan fingerprint density at radius 2 is 2.00 bits per heavy atom. The minimum Gasteiger partial charge on any atom is -0.493 e. The summed E-state index contributed by atoms with van der Waals surface area (Å²) in [5, 5.41) is 0. The van der Waals surface area contributed by atoms with Gasteiger partial charge in [-0.05, 0) is 18.6 Å². The molecule has 1 aliphatic heterocycles. The van der Waals surface area contributed by atoms with Crippen LogP contribution in [0.5, 0.6) is 17.2 Å². The van der Waals surface area contributed by atoms with Gasteiger partial charge in [0.1, 0.15) is 5.75 Å². The highest BCUT2D eigenvalue weighted by atomic mass is 16.7. The Hall–Kier alpha value is -1.38. The van der Waals surface area contributed by atoms with E-state index in [1.165, 1.54) is 19.3 Å². The number of hydrogen-bond donors (Lipinski definition) is 0. The first-order valence-corrected chi connectivity index (χ1v) is 5.92. The maximum Gasteiger partial charge on any atom is 0.231 e. The van der Waals surface area contributed by atoms with E-state index in [1.807, 2.05) is 18.2 Å². The van der Waals surface area contributed by atoms with Crippen LogP contribution in [0.2, 0.25) is 0 Å². The highest BCUT2D eigenvalue weighted by Gasteiger charge is 2.13. The maximum absolute atomic E-state index is 5.64. The van der Waals surface area contributed by atoms with Crippen LogP contribution >= 0.6 is 0 Å². The first kappa shape index (κ1) is 11.1. The lowest BCUT2D eigenvalue weighted by molar-refractivity contribution is 0.173. The van der Waals surface area contributed by atoms with Crippen LogP contribution in [0, 0.1) is 0 Å². The Balaban J connectivity index is 1.77. The highest BCUT2D eigenvalue weighted by Crippen LogP contribution is 2.35. The third-order valence-corrected chi connectivity index (χ3v) is 2.61. The smallest absolute Gasteiger partial charge is 0.231 e. The van der Waals surface area contributed by atoms with E-state index in [4.69, 9.17) is 14.2 Å². The lowest BCUT2D eigenvalue weighted by Crippen LogP contribution is -1.97. The predicted octanol–water partition coefficient (Wildman–Crippen LogP) is 3.37. The summed E-state index contributed by atoms with van der Waals surface area (Å²) in [6.45, 7) is 3.30. The average molecular weight is 222 g/mol. The van der Waals surface area contributed by atoms with Gasteiger partial charge in [-0.15, -0.1) is 0 Å². The van der Waals surface area contributed by atoms with Gasteiger partial charge in [-0.1, -0.05) is 26.2 Å². The fourth-order valence-electron chi connectivity index (χ4n) is 1.69. The quantitative estimate of drug-likeness (QED) is 0.691. The van der Waals surface area contributed by atoms with Crippen LogP contribution in [0.25, 0.3) is 0 Å². The SMILES string of the molecule is CCCCCCOc1ccc2c(c1)OCO2. The second-order valence-corrected chi connectivity index (χ2v) is 3.92. The van der Waals surface area contributed by atoms with Crippen molar-refractivity contribution in [1.29, 1.82) is 0 Å². The van der Waals surface area contributed by atoms with Gasteiger partial charge in [-0.3, -0.25) is 0 Å². The Kier molecular flexibility index (Phi) is 3.91. The summed E-state index contributed by atoms with van der Waals surface area (Å²) < 4.78 is 16.2. The van der Waals surface area contributed by atoms with Crippen LogP contribution in [0.15, 0.2) is 18.2 Å². The van der Waals surface area contributed by atoms with Crippen molar-refractivity contribution < 1.29 is 14.2 Å². The molecule has 0 saturated heterocycles. The fraction of sp³-hybridized carbons (Fsp3) is 0.538. The molecular weight excluding hydrogens is 204 g/mol. The molecule has 0 saturated carbocycles. The van der Waals surface area contributed by atoms with E-state index in [9.17, 15) is 0 Å². The van der Waals surface area contributed by atoms with Gasteiger partial charge in [0.2, 0.25) is 6.79 Å². The molecule has 1 aliphatic rings. The van der Waals surface area contributed by atoms with E-state index < -0.39 is 0 Å². The molecule has 0 bridgehead atoms. The summed E-state index contributed by atoms with van der Waals surface area (Å²) >= 11 is 0. The first-order valence-electron chi connectivity index (χ1n) is 5.92. The number of unbranched alkanes of at least 4 members (excludes halogenated alkanes) is 3. The summed E-state index contributed by atoms with van der Waals surface area (Å²) in [6.07, 6.45) is 4.89. The molecule has 3 heteroatoms. The monoisotopic (exact) mass is 222 g/mol. The number of rotatable bonds is 6. The largest absolute Gasteiger partial charge is 0.493 e. The molecule has 0 aromatic heterocycles. The third-order valence-electron chi connectivity index (χ3n) is 2.61. The Bertz CT molecular complexity index is 336. The number of ether oxygens (including phenoxy) is 3. The summed E-state index contributed by atoms with van der Waals surface area (Å²) in [4.78, 5) is 0. The lowest BCUT2D eigenvalue weighted by Gasteiger charge is -2.06. The predicted molar refractivity (Wildman–Crippen MR) is 62.2 cm³/mol. The lowest BCUT2D eigenvalue weighted by atomic mass is 10.2. The minimum absolute atomic E-state index is 0.315. The number of hydrogen-bond acceptors (Lipinski definition) is 3. The molecule has 3 nitrogen and oxygen atoms in total. The van der Waals surface area contributed by atoms with Crippen LogP contribution in [0.1, 0.15) is 32.6 Å². The van der Waals surface area contributed by atoms with E-state index in [2.05, 4.69) is 6.92 Å². The molecule has 0 spiro atoms. The van der Waals surface area contributed by atoms with Crippen LogP contribution in [-0.2, 0) is 0 Å². The van der Waals surface area contributed by atoms with Gasteiger partial charge in [0.25, 0.3) is 0 Å². The molecule has 0 radical (unpaired) electrons. The molecule has 1 heterocycles. The van der Waals surface area contributed by atoms with Crippen molar-refractivity contribution in [3.63, 3.8) is 0 Å². The Labute approximate surface area is 96.3 Å². The van der Waals surface area contributed by atoms with Crippen molar-refractivity contribution in [3.05, 3.63) is 18.2 Å². The van der Waals surface area contributed by atoms with Gasteiger partial charge in [0, 0.05) is 6.07 Å². The number of fused-ring (bicyclic) bond motifs is 1. The molecule has 1 aromatic carbocycles. The van der Waals surface area contributed by atoms with E-state index in [-0.39, 0.29) is 0 Å². The van der Waals surface area contributed by atoms with Crippen LogP contribution < -0.4 is 14.2 Å². The molecule has 0 aliphatic carbocycles. The standard InChI is InChI=1S/C13H18O3/c1-2-3-4-5-8-14-11-6-7-12-13(9-11)16-10-15-12/h6-7,9H,2-5,8,10H2,1H3. The van der Waals surface area contributed by atoms with Gasteiger partial charge < -0.3 is 14.2 Å². The zero-order valence-electron chi connectivity index (χ0n) is 9.70. The van der Waals surface area contributed by atoms with E-state index in [1.54, 1.807) is 0 Å². The van der Waals surface area contributed by atoms with Crippen molar-refractivity contribution in [2.24, 2.45) is 0 Å². The van der Waals surface area contributed by atoms with Crippen molar-refractivity contribution in [3.8, 4) is 17.2 Å². The number of benzene rings is 1. The topological polar surface area (TPSA) is 27.7 Å². The van der Waals surface area contributed by atoms with Gasteiger partial charge in [0.15, 0.2) is 11.5 Å². The second-order valence-electron chi connectivity index (χ2n) is 3.92. The summed E-state index contributed by atoms with van der Waals surface area (Å²) in [5.41, 5.74) is 0. The second kappa shape index (κ2) is 5.64. The Morgan fingerprint density at radius 1 is 1.12 bits per heavy atom. The summed E-state index contributed by atoms with van der Waals surface area (Å²) in [7, 11) is 0. The van der Waals surface area contributed by atoms with Crippen LogP contribution in [0.3, 0.4) is 0 Å². The molecular formula is C13H18O3. The zero-order chi connectivity index (χ0) is 11.2. The van der Waals surface area contributed by atoms with Crippen LogP contribution in [-0.4, -0.2) is 13.4 Å². The molecule has 0 N–H and O–H groups in total. The molecule has 16 heavy (non-hydrogen) atoms. The molecule has 0 unspecified atom stereocenters. The van der Waals surface area contributed by atoms with E-state index in [0.29, 0.717) is 6.79 Å². The Morgan fingerprint density at radius 3 is 2.88 bits per heavy atom. The van der Waals surface area contributed by atoms with E-state index in [0.717, 1.165) is 30.3 Å². The van der Waals surface area contributed by atoms with E-state index >= 15 is 0 Å². The maximum atomic E-state index is 5.64. The summed E-state index contributed by atoms with van der Waals surface area (Å²) in [5.74, 6) is 2.45. The minimum atomic E-state index is 0.315. The molecule has 1 aromatic rings. The molecule has 2 rings (SSSR count). The van der Waals surface area contributed by atoms with Crippen molar-refractivity contribution in [2.45, 2.75) is 32.6 Å². The third kappa shape index (κ3) is 2.81. The molecule has 0 fully saturated rings. The van der Waals surface area contributed by atoms with Crippen molar-refractivity contribution in [1.82, 2.24) is 0 Å². The first-order chi connectivity index (χ1) is 7.90. The average Bonchev–Trinajstić information content (AvgIpc) is 2.76. The molecule has 0 amide bonds. The highest BCUT2D eigenvalue weighted by molar-refractivity contribution is 5.46.